The van der Waals surface area contributed by atoms with E-state index in [4.69, 9.17) is 11.6 Å². The zero-order valence-corrected chi connectivity index (χ0v) is 15.6. The van der Waals surface area contributed by atoms with Gasteiger partial charge in [-0.05, 0) is 62.6 Å². The van der Waals surface area contributed by atoms with Crippen LogP contribution in [0, 0.1) is 0 Å². The Morgan fingerprint density at radius 1 is 0.808 bits per heavy atom. The van der Waals surface area contributed by atoms with E-state index in [9.17, 15) is 4.55 Å². The van der Waals surface area contributed by atoms with Gasteiger partial charge >= 0.3 is 0 Å². The first-order chi connectivity index (χ1) is 12.7. The van der Waals surface area contributed by atoms with E-state index in [1.165, 1.54) is 21.5 Å². The molecule has 0 saturated heterocycles. The Morgan fingerprint density at radius 3 is 2.00 bits per heavy atom. The number of hydrogen-bond donors (Lipinski definition) is 0. The average molecular weight is 377 g/mol. The molecule has 1 unspecified atom stereocenters. The highest BCUT2D eigenvalue weighted by Gasteiger charge is 2.08. The Morgan fingerprint density at radius 2 is 1.38 bits per heavy atom. The number of halogens is 1. The molecular formula is C23H17ClOS. The van der Waals surface area contributed by atoms with Crippen LogP contribution in [0.4, 0.5) is 0 Å². The molecule has 0 aromatic heterocycles. The minimum absolute atomic E-state index is 0.483. The Bertz CT molecular complexity index is 1030. The molecule has 3 heteroatoms. The molecule has 0 radical (unpaired) electrons. The molecule has 26 heavy (non-hydrogen) atoms. The Balaban J connectivity index is 1.70. The van der Waals surface area contributed by atoms with E-state index in [1.54, 1.807) is 5.41 Å². The van der Waals surface area contributed by atoms with Crippen molar-refractivity contribution < 1.29 is 4.55 Å². The van der Waals surface area contributed by atoms with E-state index in [0.29, 0.717) is 10.8 Å². The van der Waals surface area contributed by atoms with Crippen LogP contribution in [0.25, 0.3) is 27.6 Å². The fraction of sp³-hybridized carbons (Fsp3) is 0.0435. The van der Waals surface area contributed by atoms with Gasteiger partial charge in [0.1, 0.15) is 11.2 Å². The van der Waals surface area contributed by atoms with Crippen LogP contribution in [-0.2, 0) is 16.9 Å². The largest absolute Gasteiger partial charge is 0.612 e. The van der Waals surface area contributed by atoms with E-state index in [2.05, 4.69) is 30.3 Å². The van der Waals surface area contributed by atoms with Gasteiger partial charge < -0.3 is 4.55 Å². The maximum Gasteiger partial charge on any atom is 0.135 e. The van der Waals surface area contributed by atoms with Crippen molar-refractivity contribution in [1.29, 1.82) is 0 Å². The molecule has 1 nitrogen and oxygen atoms in total. The van der Waals surface area contributed by atoms with E-state index in [1.807, 2.05) is 54.6 Å². The molecule has 0 aliphatic rings. The summed E-state index contributed by atoms with van der Waals surface area (Å²) in [7, 11) is 0. The molecule has 0 saturated carbocycles. The molecule has 0 heterocycles. The predicted molar refractivity (Wildman–Crippen MR) is 114 cm³/mol. The van der Waals surface area contributed by atoms with Gasteiger partial charge in [0.25, 0.3) is 0 Å². The smallest absolute Gasteiger partial charge is 0.135 e. The highest BCUT2D eigenvalue weighted by molar-refractivity contribution is 7.93. The summed E-state index contributed by atoms with van der Waals surface area (Å²) in [6.07, 6.45) is 2.00. The third-order valence-corrected chi connectivity index (χ3v) is 5.73. The monoisotopic (exact) mass is 376 g/mol. The summed E-state index contributed by atoms with van der Waals surface area (Å²) in [5, 5.41) is 7.21. The topological polar surface area (TPSA) is 23.1 Å². The maximum absolute atomic E-state index is 12.5. The number of fused-ring (bicyclic) bond motifs is 2. The summed E-state index contributed by atoms with van der Waals surface area (Å²) in [4.78, 5) is 0. The molecule has 4 aromatic carbocycles. The first-order valence-corrected chi connectivity index (χ1v) is 10.2. The van der Waals surface area contributed by atoms with Gasteiger partial charge in [0.15, 0.2) is 0 Å². The molecule has 0 N–H and O–H groups in total. The van der Waals surface area contributed by atoms with Gasteiger partial charge in [0.05, 0.1) is 0 Å². The number of benzene rings is 4. The Hall–Kier alpha value is -2.26. The molecule has 0 spiro atoms. The van der Waals surface area contributed by atoms with Crippen LogP contribution in [0.15, 0.2) is 84.3 Å². The molecule has 4 rings (SSSR count). The van der Waals surface area contributed by atoms with Crippen molar-refractivity contribution in [3.05, 3.63) is 100 Å². The minimum Gasteiger partial charge on any atom is -0.612 e. The van der Waals surface area contributed by atoms with Crippen molar-refractivity contribution in [2.45, 2.75) is 5.75 Å². The number of rotatable bonds is 4. The summed E-state index contributed by atoms with van der Waals surface area (Å²) >= 11 is 4.82. The lowest BCUT2D eigenvalue weighted by Gasteiger charge is -2.09. The van der Waals surface area contributed by atoms with Gasteiger partial charge in [-0.1, -0.05) is 72.3 Å². The van der Waals surface area contributed by atoms with Gasteiger partial charge in [0.2, 0.25) is 0 Å². The fourth-order valence-electron chi connectivity index (χ4n) is 3.17. The van der Waals surface area contributed by atoms with Crippen LogP contribution in [0.5, 0.6) is 0 Å². The molecule has 0 fully saturated rings. The van der Waals surface area contributed by atoms with Crippen molar-refractivity contribution in [2.24, 2.45) is 0 Å². The van der Waals surface area contributed by atoms with E-state index < -0.39 is 11.2 Å². The molecule has 0 amide bonds. The average Bonchev–Trinajstić information content (AvgIpc) is 2.67. The lowest BCUT2D eigenvalue weighted by molar-refractivity contribution is 0.603. The molecule has 0 bridgehead atoms. The second-order valence-electron chi connectivity index (χ2n) is 6.19. The lowest BCUT2D eigenvalue weighted by atomic mass is 9.97. The van der Waals surface area contributed by atoms with Crippen LogP contribution >= 0.6 is 11.6 Å². The maximum atomic E-state index is 12.5. The summed E-state index contributed by atoms with van der Waals surface area (Å²) in [6, 6.07) is 26.3. The first-order valence-electron chi connectivity index (χ1n) is 8.41. The Kier molecular flexibility index (Phi) is 4.98. The van der Waals surface area contributed by atoms with Crippen molar-refractivity contribution in [3.63, 3.8) is 0 Å². The van der Waals surface area contributed by atoms with E-state index in [0.717, 1.165) is 11.1 Å². The van der Waals surface area contributed by atoms with Crippen molar-refractivity contribution in [1.82, 2.24) is 0 Å². The molecule has 4 aromatic rings. The van der Waals surface area contributed by atoms with Gasteiger partial charge in [-0.15, -0.1) is 0 Å². The summed E-state index contributed by atoms with van der Waals surface area (Å²) in [5.41, 5.74) is 2.13. The summed E-state index contributed by atoms with van der Waals surface area (Å²) in [5.74, 6) is 0.483. The van der Waals surface area contributed by atoms with Crippen LogP contribution in [0.1, 0.15) is 11.1 Å². The molecule has 0 aliphatic heterocycles. The lowest BCUT2D eigenvalue weighted by Crippen LogP contribution is -1.99. The van der Waals surface area contributed by atoms with Gasteiger partial charge in [-0.2, -0.15) is 0 Å². The normalized spacial score (nSPS) is 12.8. The Labute approximate surface area is 161 Å². The highest BCUT2D eigenvalue weighted by Crippen LogP contribution is 2.29. The third kappa shape index (κ3) is 3.63. The SMILES string of the molecule is [O-][S+](C=Cc1c2ccccc2cc2ccccc12)Cc1ccc(Cl)cc1. The van der Waals surface area contributed by atoms with Gasteiger partial charge in [-0.3, -0.25) is 0 Å². The predicted octanol–water partition coefficient (Wildman–Crippen LogP) is 6.57. The van der Waals surface area contributed by atoms with E-state index >= 15 is 0 Å². The van der Waals surface area contributed by atoms with Gasteiger partial charge in [-0.25, -0.2) is 0 Å². The second kappa shape index (κ2) is 7.55. The summed E-state index contributed by atoms with van der Waals surface area (Å²) < 4.78 is 12.5. The van der Waals surface area contributed by atoms with E-state index in [-0.39, 0.29) is 0 Å². The van der Waals surface area contributed by atoms with Crippen LogP contribution in [0.3, 0.4) is 0 Å². The quantitative estimate of drug-likeness (QED) is 0.292. The van der Waals surface area contributed by atoms with Gasteiger partial charge in [0, 0.05) is 10.6 Å². The van der Waals surface area contributed by atoms with Crippen LogP contribution < -0.4 is 0 Å². The van der Waals surface area contributed by atoms with Crippen molar-refractivity contribution >= 4 is 50.4 Å². The number of hydrogen-bond acceptors (Lipinski definition) is 1. The minimum atomic E-state index is -1.09. The standard InChI is InChI=1S/C23H17ClOS/c24-20-11-9-17(10-12-20)16-26(25)14-13-23-21-7-3-1-5-18(21)15-19-6-2-4-8-22(19)23/h1-15H,16H2. The highest BCUT2D eigenvalue weighted by atomic mass is 35.5. The third-order valence-electron chi connectivity index (χ3n) is 4.42. The van der Waals surface area contributed by atoms with Crippen LogP contribution in [-0.4, -0.2) is 4.55 Å². The zero-order chi connectivity index (χ0) is 17.9. The molecular weight excluding hydrogens is 360 g/mol. The molecule has 0 aliphatic carbocycles. The zero-order valence-electron chi connectivity index (χ0n) is 14.1. The van der Waals surface area contributed by atoms with Crippen molar-refractivity contribution in [2.75, 3.05) is 0 Å². The molecule has 128 valence electrons. The van der Waals surface area contributed by atoms with Crippen molar-refractivity contribution in [3.8, 4) is 0 Å². The second-order valence-corrected chi connectivity index (χ2v) is 7.95. The fourth-order valence-corrected chi connectivity index (χ4v) is 4.20. The van der Waals surface area contributed by atoms with Crippen LogP contribution in [0.2, 0.25) is 5.02 Å². The first kappa shape index (κ1) is 17.2. The summed E-state index contributed by atoms with van der Waals surface area (Å²) in [6.45, 7) is 0. The molecule has 1 atom stereocenters.